The first-order chi connectivity index (χ1) is 15.6. The monoisotopic (exact) mass is 646 g/mol. The summed E-state index contributed by atoms with van der Waals surface area (Å²) in [5, 5.41) is 0. The Hall–Kier alpha value is 1.82. The minimum absolute atomic E-state index is 0. The first-order valence-corrected chi connectivity index (χ1v) is 20.3. The van der Waals surface area contributed by atoms with Crippen molar-refractivity contribution in [1.82, 2.24) is 0 Å². The van der Waals surface area contributed by atoms with Crippen LogP contribution in [0.2, 0.25) is 0 Å². The van der Waals surface area contributed by atoms with Crippen molar-refractivity contribution in [2.45, 2.75) is 144 Å². The molecule has 0 saturated carbocycles. The quantitative estimate of drug-likeness (QED) is 0.0921. The van der Waals surface area contributed by atoms with Gasteiger partial charge in [-0.1, -0.05) is 80.1 Å². The molecule has 0 unspecified atom stereocenters. The number of halogens is 2. The van der Waals surface area contributed by atoms with Crippen LogP contribution in [-0.2, 0) is 0 Å². The van der Waals surface area contributed by atoms with Crippen molar-refractivity contribution in [3.8, 4) is 0 Å². The van der Waals surface area contributed by atoms with E-state index in [0.29, 0.717) is 0 Å². The third kappa shape index (κ3) is 19.9. The third-order valence-corrected chi connectivity index (χ3v) is 18.1. The fourth-order valence-corrected chi connectivity index (χ4v) is 15.9. The maximum absolute atomic E-state index is 2.40. The summed E-state index contributed by atoms with van der Waals surface area (Å²) >= 11 is 0. The van der Waals surface area contributed by atoms with E-state index in [4.69, 9.17) is 0 Å². The zero-order valence-electron chi connectivity index (χ0n) is 24.6. The molecular formula is C30H66Br2P2. The van der Waals surface area contributed by atoms with Crippen LogP contribution in [0.1, 0.15) is 144 Å². The lowest BCUT2D eigenvalue weighted by Crippen LogP contribution is -3.00. The Morgan fingerprint density at radius 2 is 0.441 bits per heavy atom. The predicted octanol–water partition coefficient (Wildman–Crippen LogP) is 5.39. The van der Waals surface area contributed by atoms with Crippen LogP contribution in [0.15, 0.2) is 0 Å². The highest BCUT2D eigenvalue weighted by molar-refractivity contribution is 7.76. The van der Waals surface area contributed by atoms with E-state index in [1.165, 1.54) is 89.9 Å². The fourth-order valence-electron chi connectivity index (χ4n) is 5.55. The van der Waals surface area contributed by atoms with Crippen molar-refractivity contribution in [2.75, 3.05) is 49.3 Å². The number of hydrogen-bond acceptors (Lipinski definition) is 0. The smallest absolute Gasteiger partial charge is 0.0594 e. The minimum atomic E-state index is -0.664. The van der Waals surface area contributed by atoms with E-state index in [2.05, 4.69) is 41.5 Å². The minimum Gasteiger partial charge on any atom is -1.00 e. The van der Waals surface area contributed by atoms with E-state index in [0.717, 1.165) is 0 Å². The Morgan fingerprint density at radius 3 is 0.618 bits per heavy atom. The van der Waals surface area contributed by atoms with Gasteiger partial charge in [-0.15, -0.1) is 0 Å². The van der Waals surface area contributed by atoms with Gasteiger partial charge in [-0.25, -0.2) is 0 Å². The summed E-state index contributed by atoms with van der Waals surface area (Å²) in [6, 6.07) is 0. The number of rotatable bonds is 25. The molecule has 0 aromatic carbocycles. The van der Waals surface area contributed by atoms with Crippen LogP contribution in [-0.4, -0.2) is 49.3 Å². The molecule has 0 aromatic heterocycles. The van der Waals surface area contributed by atoms with E-state index < -0.39 is 14.5 Å². The van der Waals surface area contributed by atoms with Gasteiger partial charge in [0.15, 0.2) is 0 Å². The Morgan fingerprint density at radius 1 is 0.265 bits per heavy atom. The SMILES string of the molecule is CCCC[P+](CCCC)(CCCC)CCCCCC[P+](CCCC)(CCCC)CCCC.[Br-].[Br-]. The Balaban J connectivity index is -0.00000480. The molecule has 0 aliphatic rings. The summed E-state index contributed by atoms with van der Waals surface area (Å²) in [5.41, 5.74) is 0. The van der Waals surface area contributed by atoms with Crippen LogP contribution in [0.4, 0.5) is 0 Å². The Bertz CT molecular complexity index is 310. The van der Waals surface area contributed by atoms with Gasteiger partial charge in [-0.3, -0.25) is 0 Å². The highest BCUT2D eigenvalue weighted by Gasteiger charge is 2.36. The molecule has 0 rings (SSSR count). The average molecular weight is 649 g/mol. The van der Waals surface area contributed by atoms with E-state index in [1.54, 1.807) is 62.1 Å². The van der Waals surface area contributed by atoms with Gasteiger partial charge < -0.3 is 34.0 Å². The van der Waals surface area contributed by atoms with Gasteiger partial charge in [0.25, 0.3) is 0 Å². The lowest BCUT2D eigenvalue weighted by molar-refractivity contribution is -0.00100. The number of unbranched alkanes of at least 4 members (excludes halogenated alkanes) is 9. The standard InChI is InChI=1S/C30H66P2.2BrH/c1-7-13-23-31(24-14-8-2,25-15-9-3)29-21-19-20-22-30-32(26-16-10-4,27-17-11-5)28-18-12-6;;/h7-30H2,1-6H3;2*1H/q+2;;/p-2. The second-order valence-corrected chi connectivity index (χ2v) is 20.0. The van der Waals surface area contributed by atoms with Crippen molar-refractivity contribution < 1.29 is 34.0 Å². The zero-order valence-corrected chi connectivity index (χ0v) is 29.6. The summed E-state index contributed by atoms with van der Waals surface area (Å²) in [6.45, 7) is 14.4. The van der Waals surface area contributed by atoms with Crippen molar-refractivity contribution in [3.05, 3.63) is 0 Å². The van der Waals surface area contributed by atoms with Crippen LogP contribution in [0.25, 0.3) is 0 Å². The molecule has 0 aliphatic carbocycles. The van der Waals surface area contributed by atoms with E-state index in [1.807, 2.05) is 0 Å². The molecule has 0 amide bonds. The van der Waals surface area contributed by atoms with Crippen LogP contribution < -0.4 is 34.0 Å². The van der Waals surface area contributed by atoms with Gasteiger partial charge >= 0.3 is 0 Å². The van der Waals surface area contributed by atoms with Crippen LogP contribution in [0.5, 0.6) is 0 Å². The molecule has 0 spiro atoms. The first kappa shape index (κ1) is 40.3. The van der Waals surface area contributed by atoms with Gasteiger partial charge in [-0.2, -0.15) is 0 Å². The van der Waals surface area contributed by atoms with Crippen molar-refractivity contribution in [3.63, 3.8) is 0 Å². The molecule has 0 saturated heterocycles. The highest BCUT2D eigenvalue weighted by Crippen LogP contribution is 2.62. The lowest BCUT2D eigenvalue weighted by atomic mass is 10.2. The van der Waals surface area contributed by atoms with Gasteiger partial charge in [0, 0.05) is 14.5 Å². The molecule has 0 nitrogen and oxygen atoms in total. The zero-order chi connectivity index (χ0) is 24.0. The fraction of sp³-hybridized carbons (Fsp3) is 1.00. The van der Waals surface area contributed by atoms with Crippen molar-refractivity contribution >= 4 is 14.5 Å². The molecule has 0 radical (unpaired) electrons. The molecule has 210 valence electrons. The van der Waals surface area contributed by atoms with Gasteiger partial charge in [0.1, 0.15) is 0 Å². The maximum Gasteiger partial charge on any atom is 0.0594 e. The van der Waals surface area contributed by atoms with Gasteiger partial charge in [-0.05, 0) is 64.2 Å². The Kier molecular flexibility index (Phi) is 33.0. The second-order valence-electron chi connectivity index (χ2n) is 11.0. The predicted molar refractivity (Wildman–Crippen MR) is 161 cm³/mol. The van der Waals surface area contributed by atoms with Gasteiger partial charge in [0.05, 0.1) is 49.3 Å². The van der Waals surface area contributed by atoms with Crippen LogP contribution in [0.3, 0.4) is 0 Å². The van der Waals surface area contributed by atoms with E-state index in [-0.39, 0.29) is 34.0 Å². The van der Waals surface area contributed by atoms with Crippen molar-refractivity contribution in [1.29, 1.82) is 0 Å². The summed E-state index contributed by atoms with van der Waals surface area (Å²) in [5.74, 6) is 0. The van der Waals surface area contributed by atoms with E-state index >= 15 is 0 Å². The molecular weight excluding hydrogens is 582 g/mol. The average Bonchev–Trinajstić information content (AvgIpc) is 2.82. The summed E-state index contributed by atoms with van der Waals surface area (Å²) in [4.78, 5) is 0. The second kappa shape index (κ2) is 27.8. The highest BCUT2D eigenvalue weighted by atomic mass is 79.9. The molecule has 0 fully saturated rings. The van der Waals surface area contributed by atoms with Crippen LogP contribution >= 0.6 is 14.5 Å². The molecule has 0 bridgehead atoms. The topological polar surface area (TPSA) is 0 Å². The van der Waals surface area contributed by atoms with Gasteiger partial charge in [0.2, 0.25) is 0 Å². The summed E-state index contributed by atoms with van der Waals surface area (Å²) in [6.07, 6.45) is 36.5. The maximum atomic E-state index is 2.40. The normalized spacial score (nSPS) is 11.8. The molecule has 0 atom stereocenters. The Labute approximate surface area is 241 Å². The summed E-state index contributed by atoms with van der Waals surface area (Å²) in [7, 11) is -1.33. The number of hydrogen-bond donors (Lipinski definition) is 0. The largest absolute Gasteiger partial charge is 1.00 e. The lowest BCUT2D eigenvalue weighted by Gasteiger charge is -2.29. The molecule has 34 heavy (non-hydrogen) atoms. The molecule has 0 aromatic rings. The van der Waals surface area contributed by atoms with Crippen molar-refractivity contribution in [2.24, 2.45) is 0 Å². The summed E-state index contributed by atoms with van der Waals surface area (Å²) < 4.78 is 0. The van der Waals surface area contributed by atoms with Crippen LogP contribution in [0, 0.1) is 0 Å². The molecule has 4 heteroatoms. The third-order valence-electron chi connectivity index (χ3n) is 7.93. The first-order valence-electron chi connectivity index (χ1n) is 15.3. The molecule has 0 heterocycles. The molecule has 0 N–H and O–H groups in total. The molecule has 0 aliphatic heterocycles. The van der Waals surface area contributed by atoms with E-state index in [9.17, 15) is 0 Å².